The Bertz CT molecular complexity index is 315. The molecule has 1 aliphatic carbocycles. The average Bonchev–Trinajstić information content (AvgIpc) is 2.60. The summed E-state index contributed by atoms with van der Waals surface area (Å²) in [6, 6.07) is 4.42. The highest BCUT2D eigenvalue weighted by Gasteiger charge is 2.69. The molecule has 2 heteroatoms. The van der Waals surface area contributed by atoms with Crippen LogP contribution in [0.15, 0.2) is 17.5 Å². The van der Waals surface area contributed by atoms with Gasteiger partial charge in [0.25, 0.3) is 0 Å². The molecule has 1 aromatic rings. The number of thiophene rings is 1. The lowest BCUT2D eigenvalue weighted by molar-refractivity contribution is 0.488. The van der Waals surface area contributed by atoms with Crippen LogP contribution < -0.4 is 5.73 Å². The van der Waals surface area contributed by atoms with E-state index >= 15 is 0 Å². The lowest BCUT2D eigenvalue weighted by Gasteiger charge is -2.16. The molecular weight excluding hydrogens is 190 g/mol. The molecule has 1 nitrogen and oxygen atoms in total. The molecule has 1 aromatic heterocycles. The first kappa shape index (κ1) is 10.2. The Morgan fingerprint density at radius 1 is 1.50 bits per heavy atom. The molecule has 1 saturated carbocycles. The summed E-state index contributed by atoms with van der Waals surface area (Å²) in [4.78, 5) is 1.53. The number of hydrogen-bond acceptors (Lipinski definition) is 2. The standard InChI is InChI=1S/C12H19NS/c1-4-12(10-6-5-7-14-10)9(8-13)11(12,2)3/h5-7,9H,4,8,13H2,1-3H3. The smallest absolute Gasteiger partial charge is 0.0144 e. The summed E-state index contributed by atoms with van der Waals surface area (Å²) in [5.41, 5.74) is 6.63. The summed E-state index contributed by atoms with van der Waals surface area (Å²) < 4.78 is 0. The SMILES string of the molecule is CCC1(c2cccs2)C(CN)C1(C)C. The van der Waals surface area contributed by atoms with Crippen LogP contribution >= 0.6 is 11.3 Å². The van der Waals surface area contributed by atoms with Gasteiger partial charge in [0.1, 0.15) is 0 Å². The molecule has 78 valence electrons. The lowest BCUT2D eigenvalue weighted by Crippen LogP contribution is -2.14. The third-order valence-corrected chi connectivity index (χ3v) is 5.33. The van der Waals surface area contributed by atoms with Gasteiger partial charge >= 0.3 is 0 Å². The van der Waals surface area contributed by atoms with Crippen LogP contribution in [0.5, 0.6) is 0 Å². The molecule has 0 radical (unpaired) electrons. The average molecular weight is 209 g/mol. The monoisotopic (exact) mass is 209 g/mol. The summed E-state index contributed by atoms with van der Waals surface area (Å²) in [5.74, 6) is 0.665. The normalized spacial score (nSPS) is 34.4. The second-order valence-electron chi connectivity index (χ2n) is 4.81. The third kappa shape index (κ3) is 0.986. The van der Waals surface area contributed by atoms with Crippen LogP contribution in [0.3, 0.4) is 0 Å². The van der Waals surface area contributed by atoms with E-state index in [2.05, 4.69) is 38.3 Å². The Labute approximate surface area is 90.3 Å². The van der Waals surface area contributed by atoms with Crippen LogP contribution in [0, 0.1) is 11.3 Å². The number of nitrogens with two attached hydrogens (primary N) is 1. The van der Waals surface area contributed by atoms with Crippen LogP contribution in [-0.2, 0) is 5.41 Å². The van der Waals surface area contributed by atoms with E-state index in [4.69, 9.17) is 5.73 Å². The van der Waals surface area contributed by atoms with Gasteiger partial charge in [0.15, 0.2) is 0 Å². The molecule has 0 aromatic carbocycles. The van der Waals surface area contributed by atoms with Gasteiger partial charge in [-0.15, -0.1) is 11.3 Å². The fourth-order valence-electron chi connectivity index (χ4n) is 3.36. The molecule has 0 amide bonds. The maximum atomic E-state index is 5.87. The van der Waals surface area contributed by atoms with Crippen molar-refractivity contribution >= 4 is 11.3 Å². The molecule has 14 heavy (non-hydrogen) atoms. The molecule has 1 fully saturated rings. The fraction of sp³-hybridized carbons (Fsp3) is 0.667. The summed E-state index contributed by atoms with van der Waals surface area (Å²) >= 11 is 1.88. The van der Waals surface area contributed by atoms with Crippen LogP contribution in [0.25, 0.3) is 0 Å². The van der Waals surface area contributed by atoms with E-state index in [0.717, 1.165) is 6.54 Å². The lowest BCUT2D eigenvalue weighted by atomic mass is 9.91. The predicted molar refractivity (Wildman–Crippen MR) is 62.6 cm³/mol. The highest BCUT2D eigenvalue weighted by atomic mass is 32.1. The maximum Gasteiger partial charge on any atom is 0.0144 e. The predicted octanol–water partition coefficient (Wildman–Crippen LogP) is 3.01. The van der Waals surface area contributed by atoms with E-state index in [1.54, 1.807) is 0 Å². The molecule has 2 rings (SSSR count). The van der Waals surface area contributed by atoms with Crippen molar-refractivity contribution in [1.29, 1.82) is 0 Å². The number of rotatable bonds is 3. The van der Waals surface area contributed by atoms with Crippen molar-refractivity contribution in [3.63, 3.8) is 0 Å². The summed E-state index contributed by atoms with van der Waals surface area (Å²) in [6.45, 7) is 7.82. The van der Waals surface area contributed by atoms with E-state index in [9.17, 15) is 0 Å². The minimum Gasteiger partial charge on any atom is -0.330 e. The minimum atomic E-state index is 0.371. The van der Waals surface area contributed by atoms with E-state index < -0.39 is 0 Å². The van der Waals surface area contributed by atoms with Crippen molar-refractivity contribution < 1.29 is 0 Å². The molecule has 0 saturated heterocycles. The van der Waals surface area contributed by atoms with Gasteiger partial charge in [-0.1, -0.05) is 26.8 Å². The Morgan fingerprint density at radius 3 is 2.57 bits per heavy atom. The highest BCUT2D eigenvalue weighted by Crippen LogP contribution is 2.71. The Hall–Kier alpha value is -0.340. The van der Waals surface area contributed by atoms with Crippen LogP contribution in [0.2, 0.25) is 0 Å². The van der Waals surface area contributed by atoms with Gasteiger partial charge in [-0.25, -0.2) is 0 Å². The highest BCUT2D eigenvalue weighted by molar-refractivity contribution is 7.10. The van der Waals surface area contributed by atoms with Gasteiger partial charge < -0.3 is 5.73 Å². The molecule has 2 N–H and O–H groups in total. The van der Waals surface area contributed by atoms with Gasteiger partial charge in [-0.05, 0) is 35.7 Å². The van der Waals surface area contributed by atoms with E-state index in [1.807, 2.05) is 11.3 Å². The molecule has 0 aliphatic heterocycles. The molecule has 2 unspecified atom stereocenters. The minimum absolute atomic E-state index is 0.371. The first-order valence-electron chi connectivity index (χ1n) is 5.35. The third-order valence-electron chi connectivity index (χ3n) is 4.29. The van der Waals surface area contributed by atoms with Gasteiger partial charge in [-0.3, -0.25) is 0 Å². The zero-order valence-electron chi connectivity index (χ0n) is 9.21. The summed E-state index contributed by atoms with van der Waals surface area (Å²) in [7, 11) is 0. The van der Waals surface area contributed by atoms with Crippen molar-refractivity contribution in [2.24, 2.45) is 17.1 Å². The van der Waals surface area contributed by atoms with Crippen molar-refractivity contribution in [3.8, 4) is 0 Å². The van der Waals surface area contributed by atoms with E-state index in [1.165, 1.54) is 11.3 Å². The quantitative estimate of drug-likeness (QED) is 0.813. The van der Waals surface area contributed by atoms with Crippen molar-refractivity contribution in [2.75, 3.05) is 6.54 Å². The van der Waals surface area contributed by atoms with Gasteiger partial charge in [0.2, 0.25) is 0 Å². The molecule has 2 atom stereocenters. The number of hydrogen-bond donors (Lipinski definition) is 1. The van der Waals surface area contributed by atoms with E-state index in [-0.39, 0.29) is 0 Å². The van der Waals surface area contributed by atoms with Gasteiger partial charge in [-0.2, -0.15) is 0 Å². The molecule has 0 spiro atoms. The second-order valence-corrected chi connectivity index (χ2v) is 5.76. The zero-order chi connectivity index (χ0) is 10.4. The van der Waals surface area contributed by atoms with Crippen LogP contribution in [0.1, 0.15) is 32.1 Å². The molecule has 0 bridgehead atoms. The van der Waals surface area contributed by atoms with E-state index in [0.29, 0.717) is 16.7 Å². The molecule has 1 heterocycles. The first-order chi connectivity index (χ1) is 6.61. The van der Waals surface area contributed by atoms with Gasteiger partial charge in [0, 0.05) is 10.3 Å². The van der Waals surface area contributed by atoms with Crippen molar-refractivity contribution in [3.05, 3.63) is 22.4 Å². The maximum absolute atomic E-state index is 5.87. The van der Waals surface area contributed by atoms with Crippen LogP contribution in [0.4, 0.5) is 0 Å². The molecule has 1 aliphatic rings. The topological polar surface area (TPSA) is 26.0 Å². The Morgan fingerprint density at radius 2 is 2.21 bits per heavy atom. The second kappa shape index (κ2) is 3.07. The Balaban J connectivity index is 2.39. The van der Waals surface area contributed by atoms with Crippen molar-refractivity contribution in [2.45, 2.75) is 32.6 Å². The summed E-state index contributed by atoms with van der Waals surface area (Å²) in [6.07, 6.45) is 1.21. The zero-order valence-corrected chi connectivity index (χ0v) is 10.0. The molecular formula is C12H19NS. The van der Waals surface area contributed by atoms with Gasteiger partial charge in [0.05, 0.1) is 0 Å². The summed E-state index contributed by atoms with van der Waals surface area (Å²) in [5, 5.41) is 2.18. The Kier molecular flexibility index (Phi) is 2.24. The first-order valence-corrected chi connectivity index (χ1v) is 6.23. The van der Waals surface area contributed by atoms with Crippen molar-refractivity contribution in [1.82, 2.24) is 0 Å². The van der Waals surface area contributed by atoms with Crippen LogP contribution in [-0.4, -0.2) is 6.54 Å². The fourth-order valence-corrected chi connectivity index (χ4v) is 4.58. The largest absolute Gasteiger partial charge is 0.330 e.